The van der Waals surface area contributed by atoms with Gasteiger partial charge in [0.25, 0.3) is 0 Å². The van der Waals surface area contributed by atoms with Gasteiger partial charge in [0.2, 0.25) is 0 Å². The van der Waals surface area contributed by atoms with Crippen molar-refractivity contribution in [3.05, 3.63) is 29.8 Å². The van der Waals surface area contributed by atoms with E-state index in [0.717, 1.165) is 5.75 Å². The quantitative estimate of drug-likeness (QED) is 0.663. The summed E-state index contributed by atoms with van der Waals surface area (Å²) in [4.78, 5) is 0. The molecule has 3 N–H and O–H groups in total. The minimum absolute atomic E-state index is 0.0499. The highest BCUT2D eigenvalue weighted by Crippen LogP contribution is 2.32. The molecule has 0 radical (unpaired) electrons. The molecule has 1 aromatic rings. The maximum absolute atomic E-state index is 8.94. The summed E-state index contributed by atoms with van der Waals surface area (Å²) in [5.41, 5.74) is 1.20. The number of ether oxygens (including phenoxy) is 1. The average molecular weight is 223 g/mol. The molecule has 16 heavy (non-hydrogen) atoms. The summed E-state index contributed by atoms with van der Waals surface area (Å²) in [5, 5.41) is 21.0. The van der Waals surface area contributed by atoms with Crippen LogP contribution in [0.5, 0.6) is 5.75 Å². The standard InChI is InChI=1S/C12H17NO3/c14-6-10(7-15)13-5-9-8-16-12-4-2-1-3-11(9)12/h1-4,9-10,13-15H,5-8H2. The summed E-state index contributed by atoms with van der Waals surface area (Å²) in [6.07, 6.45) is 0. The van der Waals surface area contributed by atoms with Gasteiger partial charge in [0.15, 0.2) is 0 Å². The smallest absolute Gasteiger partial charge is 0.122 e. The number of hydrogen-bond acceptors (Lipinski definition) is 4. The summed E-state index contributed by atoms with van der Waals surface area (Å²) in [6, 6.07) is 7.73. The van der Waals surface area contributed by atoms with Crippen molar-refractivity contribution in [1.29, 1.82) is 0 Å². The molecule has 1 heterocycles. The van der Waals surface area contributed by atoms with E-state index in [4.69, 9.17) is 14.9 Å². The van der Waals surface area contributed by atoms with Crippen LogP contribution in [-0.4, -0.2) is 42.6 Å². The summed E-state index contributed by atoms with van der Waals surface area (Å²) >= 11 is 0. The first kappa shape index (κ1) is 11.4. The lowest BCUT2D eigenvalue weighted by Gasteiger charge is -2.16. The van der Waals surface area contributed by atoms with Crippen molar-refractivity contribution in [2.24, 2.45) is 0 Å². The molecule has 0 aromatic heterocycles. The number of rotatable bonds is 5. The molecule has 2 rings (SSSR count). The number of para-hydroxylation sites is 1. The highest BCUT2D eigenvalue weighted by Gasteiger charge is 2.23. The number of aliphatic hydroxyl groups is 2. The van der Waals surface area contributed by atoms with Crippen LogP contribution in [0.2, 0.25) is 0 Å². The summed E-state index contributed by atoms with van der Waals surface area (Å²) in [5.74, 6) is 1.25. The van der Waals surface area contributed by atoms with Gasteiger partial charge in [-0.05, 0) is 6.07 Å². The normalized spacial score (nSPS) is 18.6. The maximum Gasteiger partial charge on any atom is 0.122 e. The van der Waals surface area contributed by atoms with E-state index in [1.807, 2.05) is 18.2 Å². The Bertz CT molecular complexity index is 339. The van der Waals surface area contributed by atoms with E-state index in [1.54, 1.807) is 0 Å². The van der Waals surface area contributed by atoms with Crippen LogP contribution in [0, 0.1) is 0 Å². The van der Waals surface area contributed by atoms with Gasteiger partial charge in [-0.1, -0.05) is 18.2 Å². The van der Waals surface area contributed by atoms with Gasteiger partial charge in [-0.2, -0.15) is 0 Å². The number of benzene rings is 1. The lowest BCUT2D eigenvalue weighted by atomic mass is 10.0. The fourth-order valence-electron chi connectivity index (χ4n) is 1.89. The Kier molecular flexibility index (Phi) is 3.77. The molecule has 4 nitrogen and oxygen atoms in total. The Morgan fingerprint density at radius 3 is 2.81 bits per heavy atom. The number of fused-ring (bicyclic) bond motifs is 1. The summed E-state index contributed by atoms with van der Waals surface area (Å²) < 4.78 is 5.55. The van der Waals surface area contributed by atoms with Crippen molar-refractivity contribution < 1.29 is 14.9 Å². The van der Waals surface area contributed by atoms with Crippen LogP contribution in [-0.2, 0) is 0 Å². The Morgan fingerprint density at radius 1 is 1.31 bits per heavy atom. The molecule has 1 aliphatic rings. The molecule has 1 aromatic carbocycles. The van der Waals surface area contributed by atoms with E-state index in [0.29, 0.717) is 19.1 Å². The van der Waals surface area contributed by atoms with Gasteiger partial charge in [-0.3, -0.25) is 0 Å². The second-order valence-electron chi connectivity index (χ2n) is 4.02. The Morgan fingerprint density at radius 2 is 2.06 bits per heavy atom. The fraction of sp³-hybridized carbons (Fsp3) is 0.500. The molecular weight excluding hydrogens is 206 g/mol. The minimum Gasteiger partial charge on any atom is -0.493 e. The number of nitrogens with one attached hydrogen (secondary N) is 1. The summed E-state index contributed by atoms with van der Waals surface area (Å²) in [7, 11) is 0. The van der Waals surface area contributed by atoms with Crippen molar-refractivity contribution >= 4 is 0 Å². The van der Waals surface area contributed by atoms with Crippen molar-refractivity contribution in [2.45, 2.75) is 12.0 Å². The molecule has 88 valence electrons. The SMILES string of the molecule is OCC(CO)NCC1COc2ccccc21. The van der Waals surface area contributed by atoms with Gasteiger partial charge < -0.3 is 20.3 Å². The van der Waals surface area contributed by atoms with Crippen LogP contribution >= 0.6 is 0 Å². The molecule has 1 unspecified atom stereocenters. The first-order valence-electron chi connectivity index (χ1n) is 5.52. The number of aliphatic hydroxyl groups excluding tert-OH is 2. The third-order valence-corrected chi connectivity index (χ3v) is 2.89. The molecule has 0 spiro atoms. The van der Waals surface area contributed by atoms with Gasteiger partial charge in [0.1, 0.15) is 5.75 Å². The predicted molar refractivity (Wildman–Crippen MR) is 60.6 cm³/mol. The zero-order chi connectivity index (χ0) is 11.4. The second kappa shape index (κ2) is 5.30. The lowest BCUT2D eigenvalue weighted by Crippen LogP contribution is -2.38. The third-order valence-electron chi connectivity index (χ3n) is 2.89. The van der Waals surface area contributed by atoms with E-state index in [1.165, 1.54) is 5.56 Å². The summed E-state index contributed by atoms with van der Waals surface area (Å²) in [6.45, 7) is 1.27. The topological polar surface area (TPSA) is 61.7 Å². The van der Waals surface area contributed by atoms with Gasteiger partial charge in [0, 0.05) is 18.0 Å². The van der Waals surface area contributed by atoms with Crippen LogP contribution in [0.15, 0.2) is 24.3 Å². The molecule has 0 fully saturated rings. The Balaban J connectivity index is 1.93. The first-order valence-corrected chi connectivity index (χ1v) is 5.52. The highest BCUT2D eigenvalue weighted by atomic mass is 16.5. The predicted octanol–water partition coefficient (Wildman–Crippen LogP) is 0.105. The Labute approximate surface area is 94.9 Å². The van der Waals surface area contributed by atoms with Crippen LogP contribution in [0.3, 0.4) is 0 Å². The van der Waals surface area contributed by atoms with Gasteiger partial charge in [-0.25, -0.2) is 0 Å². The van der Waals surface area contributed by atoms with E-state index in [9.17, 15) is 0 Å². The van der Waals surface area contributed by atoms with Crippen molar-refractivity contribution in [2.75, 3.05) is 26.4 Å². The second-order valence-corrected chi connectivity index (χ2v) is 4.02. The van der Waals surface area contributed by atoms with Gasteiger partial charge in [0.05, 0.1) is 25.9 Å². The molecule has 4 heteroatoms. The fourth-order valence-corrected chi connectivity index (χ4v) is 1.89. The molecular formula is C12H17NO3. The minimum atomic E-state index is -0.243. The third kappa shape index (κ3) is 2.35. The van der Waals surface area contributed by atoms with E-state index >= 15 is 0 Å². The average Bonchev–Trinajstić information content (AvgIpc) is 2.74. The number of hydrogen-bond donors (Lipinski definition) is 3. The highest BCUT2D eigenvalue weighted by molar-refractivity contribution is 5.39. The van der Waals surface area contributed by atoms with E-state index in [2.05, 4.69) is 11.4 Å². The van der Waals surface area contributed by atoms with Gasteiger partial charge in [-0.15, -0.1) is 0 Å². The van der Waals surface area contributed by atoms with Crippen LogP contribution in [0.4, 0.5) is 0 Å². The molecule has 0 amide bonds. The largest absolute Gasteiger partial charge is 0.493 e. The van der Waals surface area contributed by atoms with Crippen LogP contribution in [0.1, 0.15) is 11.5 Å². The molecule has 1 aliphatic heterocycles. The van der Waals surface area contributed by atoms with Crippen molar-refractivity contribution in [1.82, 2.24) is 5.32 Å². The van der Waals surface area contributed by atoms with Crippen molar-refractivity contribution in [3.8, 4) is 5.75 Å². The van der Waals surface area contributed by atoms with E-state index in [-0.39, 0.29) is 19.3 Å². The monoisotopic (exact) mass is 223 g/mol. The van der Waals surface area contributed by atoms with Crippen LogP contribution < -0.4 is 10.1 Å². The van der Waals surface area contributed by atoms with Crippen molar-refractivity contribution in [3.63, 3.8) is 0 Å². The molecule has 0 saturated heterocycles. The van der Waals surface area contributed by atoms with E-state index < -0.39 is 0 Å². The lowest BCUT2D eigenvalue weighted by molar-refractivity contribution is 0.168. The van der Waals surface area contributed by atoms with Gasteiger partial charge >= 0.3 is 0 Å². The molecule has 1 atom stereocenters. The maximum atomic E-state index is 8.94. The van der Waals surface area contributed by atoms with Crippen LogP contribution in [0.25, 0.3) is 0 Å². The zero-order valence-corrected chi connectivity index (χ0v) is 9.10. The zero-order valence-electron chi connectivity index (χ0n) is 9.10. The molecule has 0 saturated carbocycles. The molecule has 0 bridgehead atoms. The Hall–Kier alpha value is -1.10. The first-order chi connectivity index (χ1) is 7.85. The molecule has 0 aliphatic carbocycles.